The lowest BCUT2D eigenvalue weighted by atomic mass is 10.2. The van der Waals surface area contributed by atoms with E-state index in [1.54, 1.807) is 41.5 Å². The second-order valence-corrected chi connectivity index (χ2v) is 18.0. The molecule has 0 fully saturated rings. The molecule has 0 saturated carbocycles. The van der Waals surface area contributed by atoms with E-state index in [1.165, 1.54) is 0 Å². The number of nitrogens with zero attached hydrogens (tertiary/aromatic N) is 6. The van der Waals surface area contributed by atoms with Crippen molar-refractivity contribution in [3.8, 4) is 18.2 Å². The van der Waals surface area contributed by atoms with Gasteiger partial charge in [0.05, 0.1) is 37.8 Å². The fraction of sp³-hybridized carbons (Fsp3) is 0.625. The number of rotatable bonds is 15. The Hall–Kier alpha value is -2.61. The number of carbonyl (C=O) groups is 3. The lowest BCUT2D eigenvalue weighted by Gasteiger charge is -2.15. The predicted molar refractivity (Wildman–Crippen MR) is 178 cm³/mol. The summed E-state index contributed by atoms with van der Waals surface area (Å²) in [5.74, 6) is 0. The smallest absolute Gasteiger partial charge is 0.378 e. The second-order valence-electron chi connectivity index (χ2n) is 9.96. The Labute approximate surface area is 282 Å². The summed E-state index contributed by atoms with van der Waals surface area (Å²) in [6.45, 7) is 7.01. The molecule has 1 heterocycles. The van der Waals surface area contributed by atoms with Crippen LogP contribution in [0, 0.1) is 34.0 Å². The number of hydrogen-bond donors (Lipinski definition) is 0. The molecular formula is C24H30N6O9S6. The fourth-order valence-corrected chi connectivity index (χ4v) is 7.05. The minimum atomic E-state index is -1.06. The maximum Gasteiger partial charge on any atom is 0.378 e. The van der Waals surface area contributed by atoms with Crippen molar-refractivity contribution in [2.75, 3.05) is 19.8 Å². The molecule has 0 bridgehead atoms. The Morgan fingerprint density at radius 1 is 0.556 bits per heavy atom. The van der Waals surface area contributed by atoms with E-state index in [0.717, 1.165) is 32.4 Å². The Kier molecular flexibility index (Phi) is 16.6. The standard InChI is InChI=1S/C24H30N6O9S6/c1-22(2,13-25)43-40-19(34)37-10-7-28-16(31)29(8-11-38-20(35)41-44-23(3,4)14-26)18(33)30(17(28)32)9-12-39-21(36)42-45-24(5,6)15-27/h7-12H2,1-6H3. The average Bonchev–Trinajstić information content (AvgIpc) is 2.99. The topological polar surface area (TPSA) is 216 Å². The van der Waals surface area contributed by atoms with Crippen LogP contribution in [0.5, 0.6) is 0 Å². The van der Waals surface area contributed by atoms with E-state index in [1.807, 2.05) is 18.2 Å². The molecule has 0 unspecified atom stereocenters. The molecule has 15 nitrogen and oxygen atoms in total. The lowest BCUT2D eigenvalue weighted by Crippen LogP contribution is -2.55. The van der Waals surface area contributed by atoms with Crippen molar-refractivity contribution in [1.29, 1.82) is 15.8 Å². The maximum atomic E-state index is 13.1. The van der Waals surface area contributed by atoms with Crippen LogP contribution in [0.2, 0.25) is 0 Å². The Bertz CT molecular complexity index is 1340. The van der Waals surface area contributed by atoms with Crippen molar-refractivity contribution in [3.63, 3.8) is 0 Å². The summed E-state index contributed by atoms with van der Waals surface area (Å²) in [6, 6.07) is 6.03. The number of hydrogen-bond acceptors (Lipinski definition) is 18. The molecule has 45 heavy (non-hydrogen) atoms. The second kappa shape index (κ2) is 18.5. The highest BCUT2D eigenvalue weighted by molar-refractivity contribution is 8.83. The zero-order valence-electron chi connectivity index (χ0n) is 25.0. The van der Waals surface area contributed by atoms with E-state index < -0.39 is 86.7 Å². The van der Waals surface area contributed by atoms with Gasteiger partial charge in [-0.3, -0.25) is 0 Å². The number of carbonyl (C=O) groups excluding carboxylic acids is 3. The summed E-state index contributed by atoms with van der Waals surface area (Å²) < 4.78 is 14.5. The van der Waals surface area contributed by atoms with Crippen LogP contribution in [-0.4, -0.2) is 63.7 Å². The maximum absolute atomic E-state index is 13.1. The predicted octanol–water partition coefficient (Wildman–Crippen LogP) is 4.63. The van der Waals surface area contributed by atoms with E-state index in [9.17, 15) is 28.8 Å². The zero-order chi connectivity index (χ0) is 34.4. The summed E-state index contributed by atoms with van der Waals surface area (Å²) in [5.41, 5.74) is -3.18. The van der Waals surface area contributed by atoms with Crippen LogP contribution in [0.4, 0.5) is 14.4 Å². The van der Waals surface area contributed by atoms with E-state index in [2.05, 4.69) is 0 Å². The Morgan fingerprint density at radius 2 is 0.778 bits per heavy atom. The molecule has 0 radical (unpaired) electrons. The summed E-state index contributed by atoms with van der Waals surface area (Å²) in [4.78, 5) is 75.6. The highest BCUT2D eigenvalue weighted by atomic mass is 33.1. The van der Waals surface area contributed by atoms with Crippen LogP contribution >= 0.6 is 64.8 Å². The van der Waals surface area contributed by atoms with Crippen molar-refractivity contribution in [2.24, 2.45) is 0 Å². The first-order chi connectivity index (χ1) is 20.9. The molecule has 0 amide bonds. The summed E-state index contributed by atoms with van der Waals surface area (Å²) in [6.07, 6.45) is 0. The van der Waals surface area contributed by atoms with E-state index in [4.69, 9.17) is 30.0 Å². The normalized spacial score (nSPS) is 11.5. The van der Waals surface area contributed by atoms with Crippen molar-refractivity contribution >= 4 is 80.7 Å². The third-order valence-corrected chi connectivity index (χ3v) is 13.0. The molecule has 0 aliphatic heterocycles. The van der Waals surface area contributed by atoms with Crippen LogP contribution in [0.3, 0.4) is 0 Å². The van der Waals surface area contributed by atoms with Gasteiger partial charge in [-0.25, -0.2) is 42.5 Å². The molecule has 1 aromatic heterocycles. The minimum absolute atomic E-state index is 0.429. The first-order valence-electron chi connectivity index (χ1n) is 12.6. The van der Waals surface area contributed by atoms with Gasteiger partial charge in [0.15, 0.2) is 0 Å². The van der Waals surface area contributed by atoms with E-state index in [0.29, 0.717) is 46.1 Å². The van der Waals surface area contributed by atoms with E-state index in [-0.39, 0.29) is 0 Å². The van der Waals surface area contributed by atoms with Gasteiger partial charge in [0.2, 0.25) is 0 Å². The number of nitriles is 3. The molecule has 0 aliphatic rings. The van der Waals surface area contributed by atoms with Gasteiger partial charge in [0, 0.05) is 32.4 Å². The summed E-state index contributed by atoms with van der Waals surface area (Å²) >= 11 is 0. The molecule has 1 aromatic rings. The van der Waals surface area contributed by atoms with Gasteiger partial charge >= 0.3 is 33.0 Å². The molecule has 0 spiro atoms. The first kappa shape index (κ1) is 40.4. The van der Waals surface area contributed by atoms with Crippen LogP contribution in [0.15, 0.2) is 14.4 Å². The largest absolute Gasteiger partial charge is 0.455 e. The molecular weight excluding hydrogens is 709 g/mol. The third-order valence-electron chi connectivity index (χ3n) is 4.75. The Morgan fingerprint density at radius 3 is 0.978 bits per heavy atom. The average molecular weight is 739 g/mol. The first-order valence-corrected chi connectivity index (χ1v) is 19.1. The van der Waals surface area contributed by atoms with Gasteiger partial charge in [-0.05, 0) is 41.5 Å². The van der Waals surface area contributed by atoms with Gasteiger partial charge in [0.1, 0.15) is 34.1 Å². The van der Waals surface area contributed by atoms with E-state index >= 15 is 0 Å². The molecule has 0 atom stereocenters. The van der Waals surface area contributed by atoms with Gasteiger partial charge in [0.25, 0.3) is 0 Å². The van der Waals surface area contributed by atoms with Crippen molar-refractivity contribution in [3.05, 3.63) is 31.5 Å². The molecule has 246 valence electrons. The summed E-state index contributed by atoms with van der Waals surface area (Å²) in [5, 5.41) is 24.9. The quantitative estimate of drug-likeness (QED) is 0.136. The van der Waals surface area contributed by atoms with Crippen LogP contribution in [-0.2, 0) is 33.8 Å². The van der Waals surface area contributed by atoms with Gasteiger partial charge < -0.3 is 14.2 Å². The van der Waals surface area contributed by atoms with Gasteiger partial charge in [-0.15, -0.1) is 0 Å². The highest BCUT2D eigenvalue weighted by Gasteiger charge is 2.24. The van der Waals surface area contributed by atoms with Gasteiger partial charge in [-0.1, -0.05) is 32.4 Å². The number of aromatic nitrogens is 3. The zero-order valence-corrected chi connectivity index (χ0v) is 29.9. The van der Waals surface area contributed by atoms with Crippen molar-refractivity contribution in [1.82, 2.24) is 13.7 Å². The number of ether oxygens (including phenoxy) is 3. The molecule has 0 saturated heterocycles. The molecule has 21 heteroatoms. The van der Waals surface area contributed by atoms with Crippen molar-refractivity contribution in [2.45, 2.75) is 75.4 Å². The van der Waals surface area contributed by atoms with Gasteiger partial charge in [-0.2, -0.15) is 15.8 Å². The van der Waals surface area contributed by atoms with Crippen LogP contribution in [0.25, 0.3) is 0 Å². The third kappa shape index (κ3) is 14.6. The molecule has 0 aromatic carbocycles. The fourth-order valence-electron chi connectivity index (χ4n) is 2.46. The van der Waals surface area contributed by atoms with Crippen LogP contribution in [0.1, 0.15) is 41.5 Å². The monoisotopic (exact) mass is 738 g/mol. The Balaban J connectivity index is 3.11. The molecule has 0 aliphatic carbocycles. The van der Waals surface area contributed by atoms with Crippen molar-refractivity contribution < 1.29 is 28.6 Å². The molecule has 1 rings (SSSR count). The highest BCUT2D eigenvalue weighted by Crippen LogP contribution is 2.37. The molecule has 0 N–H and O–H groups in total. The lowest BCUT2D eigenvalue weighted by molar-refractivity contribution is 0.162. The summed E-state index contributed by atoms with van der Waals surface area (Å²) in [7, 11) is 4.89. The SMILES string of the molecule is CC(C)(C#N)SSC(=O)OCCn1c(=O)n(CCOC(=O)SSC(C)(C)C#N)c(=O)n(CCOC(=O)SSC(C)(C)C#N)c1=O. The minimum Gasteiger partial charge on any atom is -0.455 e. The van der Waals surface area contributed by atoms with Crippen LogP contribution < -0.4 is 17.1 Å².